The number of aliphatic hydroxyl groups is 3. The molecule has 20 unspecified atom stereocenters. The van der Waals surface area contributed by atoms with E-state index in [9.17, 15) is 78.0 Å². The molecule has 0 bridgehead atoms. The van der Waals surface area contributed by atoms with Gasteiger partial charge in [-0.15, -0.1) is 0 Å². The number of carbonyl (C=O) groups is 12. The summed E-state index contributed by atoms with van der Waals surface area (Å²) >= 11 is 0. The SMILES string of the molecule is COC1OC(COC(=O)CCC(=O)O)C(OC2OC(COC(C)=O)C(OC3OC(COC(C)=O)C(OC4OC(COC(=O)CCC(=O)O)C(C)C(CC(C)=O)C4O)C(OC(=O)CCC(=O)O)C3CC(C)=O)C(OC(C)=O)C2O)C(O)C1OC(C)=O. The molecule has 0 aromatic carbocycles. The lowest BCUT2D eigenvalue weighted by molar-refractivity contribution is -0.383. The van der Waals surface area contributed by atoms with Crippen LogP contribution in [0.1, 0.15) is 99.8 Å². The molecule has 4 fully saturated rings. The zero-order valence-electron chi connectivity index (χ0n) is 47.7. The van der Waals surface area contributed by atoms with Gasteiger partial charge in [-0.2, -0.15) is 0 Å². The van der Waals surface area contributed by atoms with E-state index in [1.54, 1.807) is 6.92 Å². The van der Waals surface area contributed by atoms with E-state index in [4.69, 9.17) is 81.3 Å². The maximum atomic E-state index is 13.8. The first-order chi connectivity index (χ1) is 39.9. The van der Waals surface area contributed by atoms with Crippen LogP contribution < -0.4 is 0 Å². The molecule has 0 aromatic heterocycles. The van der Waals surface area contributed by atoms with E-state index < -0.39 is 265 Å². The fraction of sp³-hybridized carbons (Fsp3) is 0.769. The highest BCUT2D eigenvalue weighted by Gasteiger charge is 2.58. The zero-order chi connectivity index (χ0) is 63.6. The highest BCUT2D eigenvalue weighted by atomic mass is 16.8. The van der Waals surface area contributed by atoms with Crippen LogP contribution in [-0.2, 0) is 129 Å². The summed E-state index contributed by atoms with van der Waals surface area (Å²) in [6, 6.07) is 0. The van der Waals surface area contributed by atoms with Crippen molar-refractivity contribution >= 4 is 71.3 Å². The number of ether oxygens (including phenoxy) is 15. The Hall–Kier alpha value is -6.40. The second-order valence-corrected chi connectivity index (χ2v) is 20.4. The molecule has 4 saturated heterocycles. The van der Waals surface area contributed by atoms with Crippen LogP contribution >= 0.6 is 0 Å². The van der Waals surface area contributed by atoms with Gasteiger partial charge in [-0.3, -0.25) is 47.9 Å². The molecule has 33 heteroatoms. The van der Waals surface area contributed by atoms with E-state index in [0.717, 1.165) is 41.7 Å². The van der Waals surface area contributed by atoms with Crippen LogP contribution in [0.5, 0.6) is 0 Å². The summed E-state index contributed by atoms with van der Waals surface area (Å²) in [7, 11) is 1.10. The summed E-state index contributed by atoms with van der Waals surface area (Å²) in [5.41, 5.74) is 0. The molecule has 0 amide bonds. The fourth-order valence-corrected chi connectivity index (χ4v) is 9.73. The average Bonchev–Trinajstić information content (AvgIpc) is 1.89. The average molecular weight is 1230 g/mol. The molecule has 480 valence electrons. The first-order valence-corrected chi connectivity index (χ1v) is 26.8. The van der Waals surface area contributed by atoms with Crippen LogP contribution in [0.4, 0.5) is 0 Å². The molecule has 4 aliphatic heterocycles. The van der Waals surface area contributed by atoms with Crippen molar-refractivity contribution in [2.24, 2.45) is 17.8 Å². The third-order valence-corrected chi connectivity index (χ3v) is 13.7. The Bertz CT molecular complexity index is 2360. The molecule has 85 heavy (non-hydrogen) atoms. The van der Waals surface area contributed by atoms with Gasteiger partial charge in [0.1, 0.15) is 99.0 Å². The van der Waals surface area contributed by atoms with Crippen molar-refractivity contribution < 1.29 is 159 Å². The summed E-state index contributed by atoms with van der Waals surface area (Å²) in [6.45, 7) is 4.62. The first kappa shape index (κ1) is 71.1. The van der Waals surface area contributed by atoms with Crippen molar-refractivity contribution in [3.63, 3.8) is 0 Å². The summed E-state index contributed by atoms with van der Waals surface area (Å²) in [5, 5.41) is 63.5. The van der Waals surface area contributed by atoms with E-state index in [1.807, 2.05) is 0 Å². The van der Waals surface area contributed by atoms with E-state index in [1.165, 1.54) is 6.92 Å². The highest BCUT2D eigenvalue weighted by Crippen LogP contribution is 2.42. The molecule has 20 atom stereocenters. The van der Waals surface area contributed by atoms with Gasteiger partial charge in [-0.1, -0.05) is 6.92 Å². The standard InChI is InChI=1S/C52H74O33/c1-21(53)15-28-23(3)30(17-74-37(65)12-9-34(59)60)78-50(40(28)68)85-45-32(18-72-24(4)55)79-49(29(16-22(2)54)43(45)82-39(67)14-11-36(63)64)84-46-33(19-73-25(5)56)80-51(42(70)47(46)76-26(6)57)83-44-31(20-75-38(66)13-10-35(61)62)81-52(71-8)48(41(44)69)77-27(7)58/h23,28-33,40-52,68-70H,9-20H2,1-8H3,(H,59,60)(H,61,62)(H,63,64). The minimum atomic E-state index is -2.27. The molecular formula is C52H74O33. The second kappa shape index (κ2) is 33.5. The minimum absolute atomic E-state index is 0.312. The number of esters is 7. The van der Waals surface area contributed by atoms with E-state index in [2.05, 4.69) is 0 Å². The molecule has 6 N–H and O–H groups in total. The van der Waals surface area contributed by atoms with Crippen molar-refractivity contribution in [3.05, 3.63) is 0 Å². The monoisotopic (exact) mass is 1230 g/mol. The number of carboxylic acids is 3. The van der Waals surface area contributed by atoms with Gasteiger partial charge >= 0.3 is 59.7 Å². The Balaban J connectivity index is 1.86. The second-order valence-electron chi connectivity index (χ2n) is 20.4. The fourth-order valence-electron chi connectivity index (χ4n) is 9.73. The van der Waals surface area contributed by atoms with Gasteiger partial charge in [0.15, 0.2) is 37.4 Å². The lowest BCUT2D eigenvalue weighted by atomic mass is 9.79. The predicted octanol–water partition coefficient (Wildman–Crippen LogP) is -1.82. The molecule has 4 rings (SSSR count). The van der Waals surface area contributed by atoms with Crippen LogP contribution in [0.3, 0.4) is 0 Å². The topological polar surface area (TPSA) is 465 Å². The van der Waals surface area contributed by atoms with E-state index in [0.29, 0.717) is 0 Å². The number of hydrogen-bond donors (Lipinski definition) is 6. The molecule has 0 saturated carbocycles. The van der Waals surface area contributed by atoms with Gasteiger partial charge in [0.2, 0.25) is 0 Å². The third kappa shape index (κ3) is 21.8. The number of carboxylic acid groups (broad SMARTS) is 3. The number of carbonyl (C=O) groups excluding carboxylic acids is 9. The Morgan fingerprint density at radius 2 is 0.765 bits per heavy atom. The molecule has 33 nitrogen and oxygen atoms in total. The quantitative estimate of drug-likeness (QED) is 0.0329. The van der Waals surface area contributed by atoms with E-state index >= 15 is 0 Å². The molecule has 0 radical (unpaired) electrons. The highest BCUT2D eigenvalue weighted by molar-refractivity contribution is 5.79. The van der Waals surface area contributed by atoms with Gasteiger partial charge < -0.3 is 111 Å². The first-order valence-electron chi connectivity index (χ1n) is 26.8. The number of Topliss-reactive ketones (excluding diaryl/α,β-unsaturated/α-hetero) is 2. The van der Waals surface area contributed by atoms with Gasteiger partial charge in [0, 0.05) is 53.6 Å². The van der Waals surface area contributed by atoms with Crippen LogP contribution in [0.2, 0.25) is 0 Å². The van der Waals surface area contributed by atoms with Crippen LogP contribution in [0.25, 0.3) is 0 Å². The van der Waals surface area contributed by atoms with Crippen molar-refractivity contribution in [2.45, 2.75) is 204 Å². The summed E-state index contributed by atoms with van der Waals surface area (Å²) < 4.78 is 87.0. The van der Waals surface area contributed by atoms with Gasteiger partial charge in [-0.25, -0.2) is 0 Å². The predicted molar refractivity (Wildman–Crippen MR) is 268 cm³/mol. The molecule has 0 aliphatic carbocycles. The maximum absolute atomic E-state index is 13.8. The largest absolute Gasteiger partial charge is 0.481 e. The minimum Gasteiger partial charge on any atom is -0.481 e. The van der Waals surface area contributed by atoms with Crippen molar-refractivity contribution in [1.29, 1.82) is 0 Å². The van der Waals surface area contributed by atoms with Crippen molar-refractivity contribution in [1.82, 2.24) is 0 Å². The van der Waals surface area contributed by atoms with Gasteiger partial charge in [-0.05, 0) is 19.8 Å². The number of aliphatic carboxylic acids is 3. The zero-order valence-corrected chi connectivity index (χ0v) is 47.7. The summed E-state index contributed by atoms with van der Waals surface area (Å²) in [5.74, 6) is -15.9. The van der Waals surface area contributed by atoms with Crippen LogP contribution in [0.15, 0.2) is 0 Å². The summed E-state index contributed by atoms with van der Waals surface area (Å²) in [4.78, 5) is 149. The number of ketones is 2. The van der Waals surface area contributed by atoms with Crippen LogP contribution in [-0.4, -0.2) is 240 Å². The Kier molecular flexibility index (Phi) is 28.0. The lowest BCUT2D eigenvalue weighted by Gasteiger charge is -2.51. The van der Waals surface area contributed by atoms with Crippen molar-refractivity contribution in [3.8, 4) is 0 Å². The molecule has 0 aromatic rings. The Morgan fingerprint density at radius 3 is 1.25 bits per heavy atom. The van der Waals surface area contributed by atoms with Gasteiger partial charge in [0.25, 0.3) is 0 Å². The van der Waals surface area contributed by atoms with Crippen molar-refractivity contribution in [2.75, 3.05) is 33.5 Å². The van der Waals surface area contributed by atoms with E-state index in [-0.39, 0.29) is 6.42 Å². The van der Waals surface area contributed by atoms with Gasteiger partial charge in [0.05, 0.1) is 50.5 Å². The normalized spacial score (nSPS) is 32.7. The Morgan fingerprint density at radius 1 is 0.376 bits per heavy atom. The third-order valence-electron chi connectivity index (χ3n) is 13.7. The number of hydrogen-bond acceptors (Lipinski definition) is 30. The Labute approximate surface area is 485 Å². The number of methoxy groups -OCH3 is 1. The molecule has 4 heterocycles. The molecule has 0 spiro atoms. The number of rotatable bonds is 31. The van der Waals surface area contributed by atoms with Crippen LogP contribution in [0, 0.1) is 17.8 Å². The number of aliphatic hydroxyl groups excluding tert-OH is 3. The summed E-state index contributed by atoms with van der Waals surface area (Å²) in [6.07, 6.45) is -36.4. The molecular weight excluding hydrogens is 1150 g/mol. The molecule has 4 aliphatic rings. The smallest absolute Gasteiger partial charge is 0.306 e. The lowest BCUT2D eigenvalue weighted by Crippen LogP contribution is -2.67. The maximum Gasteiger partial charge on any atom is 0.306 e.